The minimum Gasteiger partial charge on any atom is -0.294 e. The van der Waals surface area contributed by atoms with Gasteiger partial charge in [-0.1, -0.05) is 12.1 Å². The standard InChI is InChI=1S/C16H10N2O/c19-16-5-1-4-14-12(16)9-11-10-3-2-8-17-13(10)6-7-15(11)18-14/h1-4,6-9H,5H2. The van der Waals surface area contributed by atoms with Crippen molar-refractivity contribution in [2.24, 2.45) is 0 Å². The lowest BCUT2D eigenvalue weighted by molar-refractivity contribution is 0.0994. The number of Topliss-reactive ketones (excluding diaryl/α,β-unsaturated/α-hetero) is 1. The highest BCUT2D eigenvalue weighted by atomic mass is 16.1. The molecular weight excluding hydrogens is 236 g/mol. The van der Waals surface area contributed by atoms with Crippen LogP contribution in [-0.2, 0) is 0 Å². The minimum absolute atomic E-state index is 0.132. The zero-order valence-electron chi connectivity index (χ0n) is 10.1. The van der Waals surface area contributed by atoms with Gasteiger partial charge in [0.1, 0.15) is 0 Å². The Morgan fingerprint density at radius 2 is 1.95 bits per heavy atom. The van der Waals surface area contributed by atoms with E-state index in [1.807, 2.05) is 42.5 Å². The Bertz CT molecular complexity index is 865. The molecule has 19 heavy (non-hydrogen) atoms. The number of nitrogens with zero attached hydrogens (tertiary/aromatic N) is 2. The van der Waals surface area contributed by atoms with Crippen molar-refractivity contribution in [1.29, 1.82) is 0 Å². The summed E-state index contributed by atoms with van der Waals surface area (Å²) in [7, 11) is 0. The molecule has 0 amide bonds. The van der Waals surface area contributed by atoms with E-state index in [1.54, 1.807) is 6.20 Å². The summed E-state index contributed by atoms with van der Waals surface area (Å²) < 4.78 is 0. The normalized spacial score (nSPS) is 14.0. The van der Waals surface area contributed by atoms with Crippen molar-refractivity contribution in [2.75, 3.05) is 0 Å². The first-order valence-electron chi connectivity index (χ1n) is 6.21. The Kier molecular flexibility index (Phi) is 2.03. The number of benzene rings is 1. The summed E-state index contributed by atoms with van der Waals surface area (Å²) in [6, 6.07) is 9.79. The van der Waals surface area contributed by atoms with Gasteiger partial charge in [-0.15, -0.1) is 0 Å². The maximum Gasteiger partial charge on any atom is 0.168 e. The van der Waals surface area contributed by atoms with Gasteiger partial charge in [0.05, 0.1) is 16.7 Å². The smallest absolute Gasteiger partial charge is 0.168 e. The van der Waals surface area contributed by atoms with Gasteiger partial charge in [0.25, 0.3) is 0 Å². The lowest BCUT2D eigenvalue weighted by Gasteiger charge is -2.11. The second kappa shape index (κ2) is 3.72. The van der Waals surface area contributed by atoms with E-state index in [0.717, 1.165) is 27.5 Å². The van der Waals surface area contributed by atoms with Gasteiger partial charge >= 0.3 is 0 Å². The van der Waals surface area contributed by atoms with E-state index in [1.165, 1.54) is 0 Å². The minimum atomic E-state index is 0.132. The molecule has 2 aromatic heterocycles. The van der Waals surface area contributed by atoms with Gasteiger partial charge in [0.2, 0.25) is 0 Å². The first kappa shape index (κ1) is 10.4. The molecule has 3 aromatic rings. The maximum atomic E-state index is 12.0. The van der Waals surface area contributed by atoms with Crippen LogP contribution in [0.5, 0.6) is 0 Å². The third-order valence-corrected chi connectivity index (χ3v) is 3.49. The molecule has 0 saturated heterocycles. The van der Waals surface area contributed by atoms with E-state index in [0.29, 0.717) is 12.0 Å². The van der Waals surface area contributed by atoms with Crippen molar-refractivity contribution < 1.29 is 4.79 Å². The number of fused-ring (bicyclic) bond motifs is 4. The Hall–Kier alpha value is -2.55. The fourth-order valence-corrected chi connectivity index (χ4v) is 2.56. The number of ketones is 1. The molecule has 0 atom stereocenters. The summed E-state index contributed by atoms with van der Waals surface area (Å²) in [5.41, 5.74) is 3.31. The predicted octanol–water partition coefficient (Wildman–Crippen LogP) is 3.38. The van der Waals surface area contributed by atoms with Gasteiger partial charge in [0.15, 0.2) is 5.78 Å². The number of aromatic nitrogens is 2. The van der Waals surface area contributed by atoms with Crippen molar-refractivity contribution in [3.8, 4) is 0 Å². The predicted molar refractivity (Wildman–Crippen MR) is 75.0 cm³/mol. The molecule has 0 aliphatic heterocycles. The summed E-state index contributed by atoms with van der Waals surface area (Å²) in [5, 5.41) is 2.03. The van der Waals surface area contributed by atoms with Gasteiger partial charge in [-0.25, -0.2) is 4.98 Å². The molecule has 0 radical (unpaired) electrons. The van der Waals surface area contributed by atoms with E-state index in [-0.39, 0.29) is 5.78 Å². The molecule has 0 fully saturated rings. The third-order valence-electron chi connectivity index (χ3n) is 3.49. The van der Waals surface area contributed by atoms with Gasteiger partial charge in [-0.2, -0.15) is 0 Å². The second-order valence-corrected chi connectivity index (χ2v) is 4.65. The fourth-order valence-electron chi connectivity index (χ4n) is 2.56. The topological polar surface area (TPSA) is 42.9 Å². The number of rotatable bonds is 0. The summed E-state index contributed by atoms with van der Waals surface area (Å²) in [6.07, 6.45) is 6.02. The van der Waals surface area contributed by atoms with Crippen LogP contribution < -0.4 is 0 Å². The number of carbonyl (C=O) groups excluding carboxylic acids is 1. The molecule has 1 aromatic carbocycles. The van der Waals surface area contributed by atoms with Crippen LogP contribution >= 0.6 is 0 Å². The fraction of sp³-hybridized carbons (Fsp3) is 0.0625. The van der Waals surface area contributed by atoms with E-state index < -0.39 is 0 Å². The van der Waals surface area contributed by atoms with E-state index in [4.69, 9.17) is 0 Å². The summed E-state index contributed by atoms with van der Waals surface area (Å²) >= 11 is 0. The summed E-state index contributed by atoms with van der Waals surface area (Å²) in [6.45, 7) is 0. The highest BCUT2D eigenvalue weighted by molar-refractivity contribution is 6.10. The molecule has 0 unspecified atom stereocenters. The van der Waals surface area contributed by atoms with Crippen LogP contribution in [0.25, 0.3) is 27.9 Å². The van der Waals surface area contributed by atoms with Crippen molar-refractivity contribution in [2.45, 2.75) is 6.42 Å². The molecule has 1 aliphatic carbocycles. The SMILES string of the molecule is O=C1CC=Cc2nc3ccc4ncccc4c3cc21. The molecule has 0 spiro atoms. The molecule has 3 heteroatoms. The van der Waals surface area contributed by atoms with Crippen LogP contribution in [0.2, 0.25) is 0 Å². The number of carbonyl (C=O) groups is 1. The van der Waals surface area contributed by atoms with Gasteiger partial charge in [-0.3, -0.25) is 9.78 Å². The van der Waals surface area contributed by atoms with E-state index in [2.05, 4.69) is 9.97 Å². The first-order valence-corrected chi connectivity index (χ1v) is 6.21. The highest BCUT2D eigenvalue weighted by Crippen LogP contribution is 2.27. The zero-order chi connectivity index (χ0) is 12.8. The quantitative estimate of drug-likeness (QED) is 0.571. The Labute approximate surface area is 109 Å². The van der Waals surface area contributed by atoms with Crippen LogP contribution in [0.1, 0.15) is 22.5 Å². The Morgan fingerprint density at radius 3 is 2.89 bits per heavy atom. The third kappa shape index (κ3) is 1.48. The second-order valence-electron chi connectivity index (χ2n) is 4.65. The molecule has 1 aliphatic rings. The average molecular weight is 246 g/mol. The van der Waals surface area contributed by atoms with Crippen LogP contribution in [0.3, 0.4) is 0 Å². The Morgan fingerprint density at radius 1 is 1.05 bits per heavy atom. The van der Waals surface area contributed by atoms with Gasteiger partial charge in [-0.05, 0) is 30.3 Å². The average Bonchev–Trinajstić information content (AvgIpc) is 2.46. The van der Waals surface area contributed by atoms with Crippen LogP contribution in [-0.4, -0.2) is 15.8 Å². The largest absolute Gasteiger partial charge is 0.294 e. The molecule has 0 saturated carbocycles. The first-order chi connectivity index (χ1) is 9.33. The van der Waals surface area contributed by atoms with Crippen molar-refractivity contribution in [3.63, 3.8) is 0 Å². The summed E-state index contributed by atoms with van der Waals surface area (Å²) in [5.74, 6) is 0.132. The maximum absolute atomic E-state index is 12.0. The van der Waals surface area contributed by atoms with Gasteiger partial charge in [0, 0.05) is 29.0 Å². The Balaban J connectivity index is 2.17. The molecule has 3 nitrogen and oxygen atoms in total. The number of allylic oxidation sites excluding steroid dienone is 1. The zero-order valence-corrected chi connectivity index (χ0v) is 10.1. The van der Waals surface area contributed by atoms with Crippen LogP contribution in [0, 0.1) is 0 Å². The van der Waals surface area contributed by atoms with E-state index in [9.17, 15) is 4.79 Å². The number of hydrogen-bond donors (Lipinski definition) is 0. The number of pyridine rings is 2. The van der Waals surface area contributed by atoms with Crippen molar-refractivity contribution in [3.05, 3.63) is 53.9 Å². The lowest BCUT2D eigenvalue weighted by Crippen LogP contribution is -2.06. The molecular formula is C16H10N2O. The highest BCUT2D eigenvalue weighted by Gasteiger charge is 2.16. The van der Waals surface area contributed by atoms with Crippen LogP contribution in [0.4, 0.5) is 0 Å². The van der Waals surface area contributed by atoms with Gasteiger partial charge < -0.3 is 0 Å². The van der Waals surface area contributed by atoms with Crippen LogP contribution in [0.15, 0.2) is 42.6 Å². The number of hydrogen-bond acceptors (Lipinski definition) is 3. The molecule has 4 rings (SSSR count). The van der Waals surface area contributed by atoms with Crippen molar-refractivity contribution >= 4 is 33.7 Å². The lowest BCUT2D eigenvalue weighted by atomic mass is 9.97. The molecule has 0 N–H and O–H groups in total. The molecule has 2 heterocycles. The monoisotopic (exact) mass is 246 g/mol. The van der Waals surface area contributed by atoms with E-state index >= 15 is 0 Å². The summed E-state index contributed by atoms with van der Waals surface area (Å²) in [4.78, 5) is 20.9. The van der Waals surface area contributed by atoms with Crippen molar-refractivity contribution in [1.82, 2.24) is 9.97 Å². The molecule has 90 valence electrons. The molecule has 0 bridgehead atoms.